The standard InChI is InChI=1S/C10H17NO/c1-7(2)8-6-9(12-11-8)10(3,4)5/h6-7H,1-5H3. The average molecular weight is 167 g/mol. The van der Waals surface area contributed by atoms with Gasteiger partial charge in [-0.25, -0.2) is 0 Å². The summed E-state index contributed by atoms with van der Waals surface area (Å²) >= 11 is 0. The van der Waals surface area contributed by atoms with Gasteiger partial charge in [-0.3, -0.25) is 0 Å². The van der Waals surface area contributed by atoms with E-state index in [-0.39, 0.29) is 5.41 Å². The minimum atomic E-state index is 0.0696. The molecule has 0 atom stereocenters. The molecule has 0 N–H and O–H groups in total. The van der Waals surface area contributed by atoms with Crippen LogP contribution in [0.5, 0.6) is 0 Å². The largest absolute Gasteiger partial charge is 0.361 e. The van der Waals surface area contributed by atoms with Crippen molar-refractivity contribution in [3.63, 3.8) is 0 Å². The fraction of sp³-hybridized carbons (Fsp3) is 0.700. The molecule has 2 nitrogen and oxygen atoms in total. The molecule has 0 saturated carbocycles. The monoisotopic (exact) mass is 167 g/mol. The lowest BCUT2D eigenvalue weighted by Crippen LogP contribution is -2.09. The van der Waals surface area contributed by atoms with E-state index in [0.29, 0.717) is 5.92 Å². The van der Waals surface area contributed by atoms with Crippen LogP contribution in [0.25, 0.3) is 0 Å². The molecule has 1 aromatic heterocycles. The van der Waals surface area contributed by atoms with E-state index in [4.69, 9.17) is 4.52 Å². The Hall–Kier alpha value is -0.790. The molecule has 1 aromatic rings. The van der Waals surface area contributed by atoms with Crippen LogP contribution in [-0.2, 0) is 5.41 Å². The lowest BCUT2D eigenvalue weighted by molar-refractivity contribution is 0.324. The van der Waals surface area contributed by atoms with E-state index in [0.717, 1.165) is 11.5 Å². The Morgan fingerprint density at radius 1 is 1.33 bits per heavy atom. The van der Waals surface area contributed by atoms with Gasteiger partial charge in [-0.05, 0) is 5.92 Å². The predicted molar refractivity (Wildman–Crippen MR) is 49.3 cm³/mol. The molecule has 0 aliphatic heterocycles. The first-order valence-electron chi connectivity index (χ1n) is 4.38. The van der Waals surface area contributed by atoms with Crippen LogP contribution in [0.2, 0.25) is 0 Å². The topological polar surface area (TPSA) is 26.0 Å². The molecule has 0 aromatic carbocycles. The molecular formula is C10H17NO. The van der Waals surface area contributed by atoms with Crippen LogP contribution < -0.4 is 0 Å². The van der Waals surface area contributed by atoms with Crippen LogP contribution in [0.15, 0.2) is 10.6 Å². The summed E-state index contributed by atoms with van der Waals surface area (Å²) in [6.45, 7) is 10.6. The highest BCUT2D eigenvalue weighted by Gasteiger charge is 2.20. The van der Waals surface area contributed by atoms with Gasteiger partial charge in [-0.1, -0.05) is 39.8 Å². The van der Waals surface area contributed by atoms with Gasteiger partial charge in [0.25, 0.3) is 0 Å². The first-order valence-corrected chi connectivity index (χ1v) is 4.38. The van der Waals surface area contributed by atoms with Crippen molar-refractivity contribution in [3.05, 3.63) is 17.5 Å². The second kappa shape index (κ2) is 2.92. The molecular weight excluding hydrogens is 150 g/mol. The maximum Gasteiger partial charge on any atom is 0.142 e. The third-order valence-corrected chi connectivity index (χ3v) is 1.86. The number of aromatic nitrogens is 1. The van der Waals surface area contributed by atoms with E-state index in [9.17, 15) is 0 Å². The minimum Gasteiger partial charge on any atom is -0.361 e. The van der Waals surface area contributed by atoms with Gasteiger partial charge in [0.2, 0.25) is 0 Å². The summed E-state index contributed by atoms with van der Waals surface area (Å²) in [5.74, 6) is 1.41. The van der Waals surface area contributed by atoms with Crippen molar-refractivity contribution < 1.29 is 4.52 Å². The lowest BCUT2D eigenvalue weighted by Gasteiger charge is -2.12. The summed E-state index contributed by atoms with van der Waals surface area (Å²) in [4.78, 5) is 0. The van der Waals surface area contributed by atoms with Crippen LogP contribution in [-0.4, -0.2) is 5.16 Å². The molecule has 1 heterocycles. The van der Waals surface area contributed by atoms with Crippen molar-refractivity contribution in [1.82, 2.24) is 5.16 Å². The van der Waals surface area contributed by atoms with Gasteiger partial charge in [0.05, 0.1) is 5.69 Å². The van der Waals surface area contributed by atoms with E-state index in [2.05, 4.69) is 39.8 Å². The summed E-state index contributed by atoms with van der Waals surface area (Å²) in [7, 11) is 0. The van der Waals surface area contributed by atoms with Gasteiger partial charge in [-0.15, -0.1) is 0 Å². The second-order valence-electron chi connectivity index (χ2n) is 4.52. The first kappa shape index (κ1) is 9.30. The van der Waals surface area contributed by atoms with E-state index < -0.39 is 0 Å². The fourth-order valence-corrected chi connectivity index (χ4v) is 0.914. The van der Waals surface area contributed by atoms with Gasteiger partial charge in [0, 0.05) is 11.5 Å². The molecule has 1 rings (SSSR count). The predicted octanol–water partition coefficient (Wildman–Crippen LogP) is 3.10. The maximum absolute atomic E-state index is 5.24. The summed E-state index contributed by atoms with van der Waals surface area (Å²) in [5, 5.41) is 4.01. The van der Waals surface area contributed by atoms with Gasteiger partial charge in [0.15, 0.2) is 0 Å². The highest BCUT2D eigenvalue weighted by atomic mass is 16.5. The summed E-state index contributed by atoms with van der Waals surface area (Å²) in [6, 6.07) is 2.05. The third-order valence-electron chi connectivity index (χ3n) is 1.86. The Balaban J connectivity index is 2.92. The lowest BCUT2D eigenvalue weighted by atomic mass is 9.92. The first-order chi connectivity index (χ1) is 5.41. The molecule has 0 aliphatic carbocycles. The zero-order chi connectivity index (χ0) is 9.35. The fourth-order valence-electron chi connectivity index (χ4n) is 0.914. The van der Waals surface area contributed by atoms with E-state index in [1.165, 1.54) is 0 Å². The van der Waals surface area contributed by atoms with Gasteiger partial charge >= 0.3 is 0 Å². The van der Waals surface area contributed by atoms with Gasteiger partial charge in [0.1, 0.15) is 5.76 Å². The molecule has 68 valence electrons. The van der Waals surface area contributed by atoms with E-state index in [1.54, 1.807) is 0 Å². The Bertz CT molecular complexity index is 255. The number of hydrogen-bond donors (Lipinski definition) is 0. The second-order valence-corrected chi connectivity index (χ2v) is 4.52. The smallest absolute Gasteiger partial charge is 0.142 e. The Labute approximate surface area is 74.0 Å². The summed E-state index contributed by atoms with van der Waals surface area (Å²) < 4.78 is 5.24. The number of rotatable bonds is 1. The van der Waals surface area contributed by atoms with Crippen molar-refractivity contribution in [2.75, 3.05) is 0 Å². The van der Waals surface area contributed by atoms with Gasteiger partial charge < -0.3 is 4.52 Å². The Morgan fingerprint density at radius 2 is 1.92 bits per heavy atom. The molecule has 0 amide bonds. The molecule has 0 spiro atoms. The number of hydrogen-bond acceptors (Lipinski definition) is 2. The molecule has 0 radical (unpaired) electrons. The van der Waals surface area contributed by atoms with Crippen LogP contribution >= 0.6 is 0 Å². The summed E-state index contributed by atoms with van der Waals surface area (Å²) in [5.41, 5.74) is 1.11. The van der Waals surface area contributed by atoms with Crippen molar-refractivity contribution in [2.24, 2.45) is 0 Å². The van der Waals surface area contributed by atoms with Gasteiger partial charge in [-0.2, -0.15) is 0 Å². The Morgan fingerprint density at radius 3 is 2.17 bits per heavy atom. The van der Waals surface area contributed by atoms with Crippen LogP contribution in [0.3, 0.4) is 0 Å². The van der Waals surface area contributed by atoms with Crippen molar-refractivity contribution in [1.29, 1.82) is 0 Å². The highest BCUT2D eigenvalue weighted by Crippen LogP contribution is 2.24. The zero-order valence-corrected chi connectivity index (χ0v) is 8.51. The van der Waals surface area contributed by atoms with Crippen LogP contribution in [0.4, 0.5) is 0 Å². The van der Waals surface area contributed by atoms with Crippen molar-refractivity contribution in [2.45, 2.75) is 46.0 Å². The molecule has 0 saturated heterocycles. The normalized spacial score (nSPS) is 12.5. The molecule has 12 heavy (non-hydrogen) atoms. The molecule has 0 unspecified atom stereocenters. The van der Waals surface area contributed by atoms with Crippen LogP contribution in [0.1, 0.15) is 52.0 Å². The average Bonchev–Trinajstić information content (AvgIpc) is 2.30. The van der Waals surface area contributed by atoms with Crippen molar-refractivity contribution >= 4 is 0 Å². The molecule has 0 bridgehead atoms. The van der Waals surface area contributed by atoms with Crippen molar-refractivity contribution in [3.8, 4) is 0 Å². The number of nitrogens with zero attached hydrogens (tertiary/aromatic N) is 1. The van der Waals surface area contributed by atoms with E-state index in [1.807, 2.05) is 6.07 Å². The third kappa shape index (κ3) is 1.87. The quantitative estimate of drug-likeness (QED) is 0.642. The van der Waals surface area contributed by atoms with Crippen LogP contribution in [0, 0.1) is 0 Å². The van der Waals surface area contributed by atoms with E-state index >= 15 is 0 Å². The minimum absolute atomic E-state index is 0.0696. The highest BCUT2D eigenvalue weighted by molar-refractivity contribution is 5.15. The molecule has 0 fully saturated rings. The SMILES string of the molecule is CC(C)c1cc(C(C)(C)C)on1. The summed E-state index contributed by atoms with van der Waals surface area (Å²) in [6.07, 6.45) is 0. The maximum atomic E-state index is 5.24. The zero-order valence-electron chi connectivity index (χ0n) is 8.51. The Kier molecular flexibility index (Phi) is 2.27. The molecule has 0 aliphatic rings. The molecule has 2 heteroatoms.